The van der Waals surface area contributed by atoms with Gasteiger partial charge in [-0.15, -0.1) is 0 Å². The Bertz CT molecular complexity index is 1200. The van der Waals surface area contributed by atoms with Crippen molar-refractivity contribution in [2.45, 2.75) is 44.1 Å². The fourth-order valence-corrected chi connectivity index (χ4v) is 4.75. The van der Waals surface area contributed by atoms with E-state index in [1.165, 1.54) is 6.92 Å². The second kappa shape index (κ2) is 12.8. The number of carbonyl (C=O) groups is 1. The van der Waals surface area contributed by atoms with Crippen LogP contribution >= 0.6 is 46.6 Å². The number of hydrogen-bond acceptors (Lipinski definition) is 2. The molecule has 2 aromatic rings. The lowest BCUT2D eigenvalue weighted by Crippen LogP contribution is -2.35. The average molecular weight is 647 g/mol. The molecule has 0 aliphatic heterocycles. The summed E-state index contributed by atoms with van der Waals surface area (Å²) >= 11 is 18.0. The number of nitrogens with one attached hydrogen (secondary N) is 1. The van der Waals surface area contributed by atoms with Gasteiger partial charge in [-0.1, -0.05) is 40.9 Å². The van der Waals surface area contributed by atoms with E-state index in [0.29, 0.717) is 30.8 Å². The van der Waals surface area contributed by atoms with Crippen molar-refractivity contribution < 1.29 is 44.3 Å². The first-order valence-corrected chi connectivity index (χ1v) is 13.1. The van der Waals surface area contributed by atoms with Crippen molar-refractivity contribution in [1.82, 2.24) is 5.32 Å². The van der Waals surface area contributed by atoms with Gasteiger partial charge in [-0.05, 0) is 42.8 Å². The van der Waals surface area contributed by atoms with Gasteiger partial charge in [-0.3, -0.25) is 4.79 Å². The van der Waals surface area contributed by atoms with Crippen molar-refractivity contribution in [3.63, 3.8) is 0 Å². The quantitative estimate of drug-likeness (QED) is 0.217. The van der Waals surface area contributed by atoms with Crippen LogP contribution in [0, 0.1) is 0 Å². The maximum atomic E-state index is 15.1. The topological polar surface area (TPSA) is 29.1 Å². The molecule has 0 aromatic heterocycles. The molecule has 0 heterocycles. The van der Waals surface area contributed by atoms with Crippen LogP contribution in [0.1, 0.15) is 46.8 Å². The lowest BCUT2D eigenvalue weighted by molar-refractivity contribution is -0.138. The first-order chi connectivity index (χ1) is 17.7. The first-order valence-electron chi connectivity index (χ1n) is 10.8. The average Bonchev–Trinajstić information content (AvgIpc) is 2.77. The Morgan fingerprint density at radius 2 is 1.56 bits per heavy atom. The van der Waals surface area contributed by atoms with Gasteiger partial charge in [0.15, 0.2) is 0 Å². The van der Waals surface area contributed by atoms with Crippen LogP contribution in [0.15, 0.2) is 36.4 Å². The zero-order valence-corrected chi connectivity index (χ0v) is 23.0. The summed E-state index contributed by atoms with van der Waals surface area (Å²) in [5, 5.41) is 1.61. The number of amides is 1. The van der Waals surface area contributed by atoms with E-state index in [1.54, 1.807) is 0 Å². The molecular formula is C24H19Cl3F9NOS. The minimum Gasteiger partial charge on any atom is -0.349 e. The Hall–Kier alpha value is -1.76. The van der Waals surface area contributed by atoms with E-state index >= 15 is 4.39 Å². The maximum Gasteiger partial charge on any atom is 0.417 e. The number of rotatable bonds is 9. The fraction of sp³-hybridized carbons (Fsp3) is 0.375. The molecule has 0 saturated heterocycles. The number of thioether (sulfide) groups is 1. The predicted octanol–water partition coefficient (Wildman–Crippen LogP) is 9.83. The summed E-state index contributed by atoms with van der Waals surface area (Å²) in [5.74, 6) is -9.82. The van der Waals surface area contributed by atoms with E-state index in [9.17, 15) is 39.9 Å². The second-order valence-electron chi connectivity index (χ2n) is 8.51. The first kappa shape index (κ1) is 33.4. The Morgan fingerprint density at radius 1 is 1.00 bits per heavy atom. The second-order valence-corrected chi connectivity index (χ2v) is 10.7. The molecule has 1 N–H and O–H groups in total. The summed E-state index contributed by atoms with van der Waals surface area (Å²) in [7, 11) is 0. The molecule has 0 aliphatic carbocycles. The molecule has 39 heavy (non-hydrogen) atoms. The highest BCUT2D eigenvalue weighted by Gasteiger charge is 2.38. The third kappa shape index (κ3) is 9.68. The van der Waals surface area contributed by atoms with Gasteiger partial charge in [-0.2, -0.15) is 38.1 Å². The van der Waals surface area contributed by atoms with Gasteiger partial charge < -0.3 is 5.32 Å². The van der Waals surface area contributed by atoms with Crippen LogP contribution in [0.3, 0.4) is 0 Å². The minimum absolute atomic E-state index is 0.137. The van der Waals surface area contributed by atoms with Gasteiger partial charge in [0, 0.05) is 24.3 Å². The Labute approximate surface area is 236 Å². The lowest BCUT2D eigenvalue weighted by atomic mass is 9.91. The molecule has 0 radical (unpaired) electrons. The van der Waals surface area contributed by atoms with Gasteiger partial charge >= 0.3 is 12.4 Å². The van der Waals surface area contributed by atoms with Crippen molar-refractivity contribution in [2.75, 3.05) is 11.5 Å². The molecule has 0 bridgehead atoms. The number of benzene rings is 2. The monoisotopic (exact) mass is 645 g/mol. The molecular weight excluding hydrogens is 628 g/mol. The van der Waals surface area contributed by atoms with E-state index in [0.717, 1.165) is 18.2 Å². The van der Waals surface area contributed by atoms with Crippen LogP contribution in [0.4, 0.5) is 39.5 Å². The van der Waals surface area contributed by atoms with Crippen molar-refractivity contribution in [3.05, 3.63) is 73.7 Å². The standard InChI is InChI=1S/C24H19Cl3F9NOS/c1-11(9-39-10-23(31,32)33)37-21(38)14-4-3-12(5-16(14)24(34,35)36)19(28)8-15(22(2,29)30)13-6-17(25)20(27)18(26)7-13/h3-8,11,15H,9-10H2,1-2H3,(H,37,38)/b19-8-/t11-,15?/m1/s1. The molecule has 0 aliphatic rings. The Balaban J connectivity index is 2.42. The van der Waals surface area contributed by atoms with Crippen LogP contribution in [0.2, 0.25) is 15.1 Å². The van der Waals surface area contributed by atoms with Crippen molar-refractivity contribution in [3.8, 4) is 0 Å². The molecule has 2 nitrogen and oxygen atoms in total. The number of halogens is 12. The van der Waals surface area contributed by atoms with E-state index < -0.39 is 64.4 Å². The van der Waals surface area contributed by atoms with Crippen LogP contribution in [-0.4, -0.2) is 35.6 Å². The molecule has 2 atom stereocenters. The molecule has 0 saturated carbocycles. The molecule has 216 valence electrons. The molecule has 0 spiro atoms. The van der Waals surface area contributed by atoms with Crippen molar-refractivity contribution in [2.24, 2.45) is 0 Å². The number of hydrogen-bond donors (Lipinski definition) is 1. The van der Waals surface area contributed by atoms with Gasteiger partial charge in [-0.25, -0.2) is 13.2 Å². The maximum absolute atomic E-state index is 15.1. The number of alkyl halides is 8. The molecule has 15 heteroatoms. The van der Waals surface area contributed by atoms with E-state index in [1.807, 2.05) is 0 Å². The summed E-state index contributed by atoms with van der Waals surface area (Å²) in [5.41, 5.74) is -3.52. The van der Waals surface area contributed by atoms with Crippen LogP contribution < -0.4 is 5.32 Å². The summed E-state index contributed by atoms with van der Waals surface area (Å²) in [4.78, 5) is 12.5. The predicted molar refractivity (Wildman–Crippen MR) is 136 cm³/mol. The van der Waals surface area contributed by atoms with Crippen LogP contribution in [0.25, 0.3) is 5.83 Å². The van der Waals surface area contributed by atoms with Crippen molar-refractivity contribution in [1.29, 1.82) is 0 Å². The Morgan fingerprint density at radius 3 is 2.05 bits per heavy atom. The van der Waals surface area contributed by atoms with E-state index in [4.69, 9.17) is 34.8 Å². The largest absolute Gasteiger partial charge is 0.417 e. The van der Waals surface area contributed by atoms with Gasteiger partial charge in [0.05, 0.1) is 37.9 Å². The summed E-state index contributed by atoms with van der Waals surface area (Å²) in [6.45, 7) is 1.76. The lowest BCUT2D eigenvalue weighted by Gasteiger charge is -2.22. The highest BCUT2D eigenvalue weighted by molar-refractivity contribution is 7.99. The van der Waals surface area contributed by atoms with E-state index in [-0.39, 0.29) is 32.5 Å². The van der Waals surface area contributed by atoms with Gasteiger partial charge in [0.25, 0.3) is 11.8 Å². The molecule has 0 fully saturated rings. The third-order valence-corrected chi connectivity index (χ3v) is 7.54. The minimum atomic E-state index is -5.16. The molecule has 1 unspecified atom stereocenters. The smallest absolute Gasteiger partial charge is 0.349 e. The summed E-state index contributed by atoms with van der Waals surface area (Å²) in [6.07, 6.45) is -9.23. The molecule has 2 aromatic carbocycles. The summed E-state index contributed by atoms with van der Waals surface area (Å²) in [6, 6.07) is 2.80. The third-order valence-electron chi connectivity index (χ3n) is 5.08. The molecule has 2 rings (SSSR count). The normalized spacial score (nSPS) is 14.8. The zero-order chi connectivity index (χ0) is 29.9. The Kier molecular flexibility index (Phi) is 11.0. The fourth-order valence-electron chi connectivity index (χ4n) is 3.35. The highest BCUT2D eigenvalue weighted by Crippen LogP contribution is 2.42. The van der Waals surface area contributed by atoms with E-state index in [2.05, 4.69) is 5.32 Å². The van der Waals surface area contributed by atoms with Crippen LogP contribution in [0.5, 0.6) is 0 Å². The molecule has 1 amide bonds. The highest BCUT2D eigenvalue weighted by atomic mass is 35.5. The van der Waals surface area contributed by atoms with Crippen LogP contribution in [-0.2, 0) is 6.18 Å². The van der Waals surface area contributed by atoms with Gasteiger partial charge in [0.1, 0.15) is 5.83 Å². The zero-order valence-electron chi connectivity index (χ0n) is 19.9. The van der Waals surface area contributed by atoms with Crippen molar-refractivity contribution >= 4 is 58.3 Å². The van der Waals surface area contributed by atoms with Gasteiger partial charge in [0.2, 0.25) is 0 Å². The number of carbonyl (C=O) groups excluding carboxylic acids is 1. The number of allylic oxidation sites excluding steroid dienone is 1. The summed E-state index contributed by atoms with van der Waals surface area (Å²) < 4.78 is 122. The SMILES string of the molecule is C[C@H](CSCC(F)(F)F)NC(=O)c1ccc(/C(F)=C/C(c2cc(Cl)c(Cl)c(Cl)c2)C(C)(F)F)cc1C(F)(F)F.